The summed E-state index contributed by atoms with van der Waals surface area (Å²) in [6.45, 7) is 2.71. The smallest absolute Gasteiger partial charge is 0.319 e. The molecular weight excluding hydrogens is 194 g/mol. The van der Waals surface area contributed by atoms with Crippen LogP contribution in [0.25, 0.3) is 0 Å². The molecule has 0 atom stereocenters. The van der Waals surface area contributed by atoms with Crippen LogP contribution in [0.3, 0.4) is 0 Å². The van der Waals surface area contributed by atoms with E-state index in [0.717, 1.165) is 19.3 Å². The summed E-state index contributed by atoms with van der Waals surface area (Å²) in [5.41, 5.74) is -1.09. The zero-order valence-electron chi connectivity index (χ0n) is 9.45. The first-order valence-electron chi connectivity index (χ1n) is 5.53. The standard InChI is InChI=1S/C11H19NO3/c1-3-4-8-12(2)9(13)11(10(14)15)6-5-7-11/h3-8H2,1-2H3,(H,14,15). The lowest BCUT2D eigenvalue weighted by Gasteiger charge is -2.38. The van der Waals surface area contributed by atoms with E-state index in [4.69, 9.17) is 5.11 Å². The molecule has 0 radical (unpaired) electrons. The van der Waals surface area contributed by atoms with Gasteiger partial charge in [-0.25, -0.2) is 0 Å². The van der Waals surface area contributed by atoms with E-state index in [0.29, 0.717) is 19.4 Å². The van der Waals surface area contributed by atoms with Gasteiger partial charge in [0.05, 0.1) is 0 Å². The molecule has 0 saturated heterocycles. The number of carbonyl (C=O) groups excluding carboxylic acids is 1. The maximum Gasteiger partial charge on any atom is 0.319 e. The van der Waals surface area contributed by atoms with Crippen LogP contribution >= 0.6 is 0 Å². The number of carboxylic acid groups (broad SMARTS) is 1. The minimum atomic E-state index is -1.09. The van der Waals surface area contributed by atoms with Crippen LogP contribution in [-0.4, -0.2) is 35.5 Å². The largest absolute Gasteiger partial charge is 0.480 e. The van der Waals surface area contributed by atoms with E-state index in [9.17, 15) is 9.59 Å². The average Bonchev–Trinajstić information content (AvgIpc) is 2.11. The van der Waals surface area contributed by atoms with Crippen LogP contribution in [0.15, 0.2) is 0 Å². The molecule has 1 fully saturated rings. The third-order valence-electron chi connectivity index (χ3n) is 3.22. The first-order chi connectivity index (χ1) is 7.04. The van der Waals surface area contributed by atoms with Crippen molar-refractivity contribution >= 4 is 11.9 Å². The van der Waals surface area contributed by atoms with Gasteiger partial charge in [0.15, 0.2) is 0 Å². The van der Waals surface area contributed by atoms with E-state index in [1.165, 1.54) is 0 Å². The quantitative estimate of drug-likeness (QED) is 0.704. The molecule has 0 unspecified atom stereocenters. The Kier molecular flexibility index (Phi) is 3.72. The molecule has 0 heterocycles. The van der Waals surface area contributed by atoms with Crippen LogP contribution in [0, 0.1) is 5.41 Å². The second-order valence-electron chi connectivity index (χ2n) is 4.32. The zero-order chi connectivity index (χ0) is 11.5. The number of rotatable bonds is 5. The van der Waals surface area contributed by atoms with Gasteiger partial charge in [-0.15, -0.1) is 0 Å². The number of amides is 1. The highest BCUT2D eigenvalue weighted by Crippen LogP contribution is 2.42. The Bertz CT molecular complexity index is 259. The molecular formula is C11H19NO3. The fourth-order valence-electron chi connectivity index (χ4n) is 1.91. The fraction of sp³-hybridized carbons (Fsp3) is 0.818. The Morgan fingerprint density at radius 3 is 2.33 bits per heavy atom. The van der Waals surface area contributed by atoms with Crippen molar-refractivity contribution in [2.45, 2.75) is 39.0 Å². The predicted octanol–water partition coefficient (Wildman–Crippen LogP) is 1.50. The van der Waals surface area contributed by atoms with Crippen LogP contribution < -0.4 is 0 Å². The summed E-state index contributed by atoms with van der Waals surface area (Å²) in [5.74, 6) is -1.17. The van der Waals surface area contributed by atoms with Gasteiger partial charge in [-0.2, -0.15) is 0 Å². The minimum absolute atomic E-state index is 0.213. The maximum atomic E-state index is 11.9. The van der Waals surface area contributed by atoms with E-state index in [-0.39, 0.29) is 5.91 Å². The van der Waals surface area contributed by atoms with E-state index in [1.54, 1.807) is 11.9 Å². The van der Waals surface area contributed by atoms with Crippen molar-refractivity contribution in [2.24, 2.45) is 5.41 Å². The van der Waals surface area contributed by atoms with Crippen molar-refractivity contribution < 1.29 is 14.7 Å². The molecule has 0 aromatic heterocycles. The first kappa shape index (κ1) is 12.0. The van der Waals surface area contributed by atoms with Gasteiger partial charge < -0.3 is 10.0 Å². The third-order valence-corrected chi connectivity index (χ3v) is 3.22. The highest BCUT2D eigenvalue weighted by atomic mass is 16.4. The van der Waals surface area contributed by atoms with Gasteiger partial charge in [-0.1, -0.05) is 19.8 Å². The molecule has 0 aromatic rings. The number of hydrogen-bond donors (Lipinski definition) is 1. The Morgan fingerprint density at radius 2 is 2.00 bits per heavy atom. The van der Waals surface area contributed by atoms with Crippen LogP contribution in [0.1, 0.15) is 39.0 Å². The number of nitrogens with zero attached hydrogens (tertiary/aromatic N) is 1. The van der Waals surface area contributed by atoms with Crippen molar-refractivity contribution in [3.05, 3.63) is 0 Å². The molecule has 1 N–H and O–H groups in total. The second kappa shape index (κ2) is 4.64. The van der Waals surface area contributed by atoms with Crippen LogP contribution in [-0.2, 0) is 9.59 Å². The second-order valence-corrected chi connectivity index (χ2v) is 4.32. The van der Waals surface area contributed by atoms with E-state index < -0.39 is 11.4 Å². The van der Waals surface area contributed by atoms with Gasteiger partial charge in [-0.3, -0.25) is 9.59 Å². The molecule has 1 aliphatic rings. The SMILES string of the molecule is CCCCN(C)C(=O)C1(C(=O)O)CCC1. The summed E-state index contributed by atoms with van der Waals surface area (Å²) in [6.07, 6.45) is 3.78. The summed E-state index contributed by atoms with van der Waals surface area (Å²) in [7, 11) is 1.70. The van der Waals surface area contributed by atoms with Gasteiger partial charge in [0, 0.05) is 13.6 Å². The zero-order valence-corrected chi connectivity index (χ0v) is 9.45. The molecule has 1 amide bonds. The summed E-state index contributed by atoms with van der Waals surface area (Å²) in [4.78, 5) is 24.6. The Labute approximate surface area is 90.3 Å². The van der Waals surface area contributed by atoms with Crippen LogP contribution in [0.2, 0.25) is 0 Å². The molecule has 0 spiro atoms. The molecule has 0 aromatic carbocycles. The van der Waals surface area contributed by atoms with Crippen molar-refractivity contribution in [3.63, 3.8) is 0 Å². The van der Waals surface area contributed by atoms with Gasteiger partial charge >= 0.3 is 5.97 Å². The van der Waals surface area contributed by atoms with E-state index >= 15 is 0 Å². The fourth-order valence-corrected chi connectivity index (χ4v) is 1.91. The number of carboxylic acids is 1. The molecule has 4 heteroatoms. The predicted molar refractivity (Wildman–Crippen MR) is 56.5 cm³/mol. The topological polar surface area (TPSA) is 57.6 Å². The van der Waals surface area contributed by atoms with Crippen LogP contribution in [0.5, 0.6) is 0 Å². The third kappa shape index (κ3) is 2.13. The molecule has 1 rings (SSSR count). The molecule has 86 valence electrons. The lowest BCUT2D eigenvalue weighted by molar-refractivity contribution is -0.166. The monoisotopic (exact) mass is 213 g/mol. The molecule has 4 nitrogen and oxygen atoms in total. The number of hydrogen-bond acceptors (Lipinski definition) is 2. The molecule has 1 aliphatic carbocycles. The first-order valence-corrected chi connectivity index (χ1v) is 5.53. The molecule has 15 heavy (non-hydrogen) atoms. The normalized spacial score (nSPS) is 18.0. The number of unbranched alkanes of at least 4 members (excludes halogenated alkanes) is 1. The van der Waals surface area contributed by atoms with Crippen molar-refractivity contribution in [1.82, 2.24) is 4.90 Å². The van der Waals surface area contributed by atoms with E-state index in [1.807, 2.05) is 0 Å². The minimum Gasteiger partial charge on any atom is -0.480 e. The van der Waals surface area contributed by atoms with Crippen molar-refractivity contribution in [3.8, 4) is 0 Å². The summed E-state index contributed by atoms with van der Waals surface area (Å²) in [5, 5.41) is 9.08. The van der Waals surface area contributed by atoms with Crippen LogP contribution in [0.4, 0.5) is 0 Å². The summed E-state index contributed by atoms with van der Waals surface area (Å²) >= 11 is 0. The Hall–Kier alpha value is -1.06. The lowest BCUT2D eigenvalue weighted by atomic mass is 9.68. The van der Waals surface area contributed by atoms with Gasteiger partial charge in [0.25, 0.3) is 0 Å². The van der Waals surface area contributed by atoms with Gasteiger partial charge in [-0.05, 0) is 19.3 Å². The van der Waals surface area contributed by atoms with Gasteiger partial charge in [0.1, 0.15) is 5.41 Å². The average molecular weight is 213 g/mol. The van der Waals surface area contributed by atoms with E-state index in [2.05, 4.69) is 6.92 Å². The van der Waals surface area contributed by atoms with Crippen molar-refractivity contribution in [1.29, 1.82) is 0 Å². The summed E-state index contributed by atoms with van der Waals surface area (Å²) < 4.78 is 0. The lowest BCUT2D eigenvalue weighted by Crippen LogP contribution is -2.51. The maximum absolute atomic E-state index is 11.9. The highest BCUT2D eigenvalue weighted by molar-refractivity contribution is 6.02. The Balaban J connectivity index is 2.61. The van der Waals surface area contributed by atoms with Crippen molar-refractivity contribution in [2.75, 3.05) is 13.6 Å². The molecule has 0 bridgehead atoms. The Morgan fingerprint density at radius 1 is 1.40 bits per heavy atom. The number of carbonyl (C=O) groups is 2. The summed E-state index contributed by atoms with van der Waals surface area (Å²) in [6, 6.07) is 0. The molecule has 0 aliphatic heterocycles. The highest BCUT2D eigenvalue weighted by Gasteiger charge is 2.52. The number of aliphatic carboxylic acids is 1. The van der Waals surface area contributed by atoms with Gasteiger partial charge in [0.2, 0.25) is 5.91 Å². The molecule has 1 saturated carbocycles.